The van der Waals surface area contributed by atoms with Crippen molar-refractivity contribution in [2.45, 2.75) is 32.4 Å². The van der Waals surface area contributed by atoms with Gasteiger partial charge >= 0.3 is 0 Å². The highest BCUT2D eigenvalue weighted by atomic mass is 16.2. The van der Waals surface area contributed by atoms with Gasteiger partial charge in [-0.05, 0) is 19.9 Å². The SMILES string of the molecule is CC1NCCN(C(=O)CCNC(=O)c2n[nH]c3ccccc23)C1C. The third-order valence-electron chi connectivity index (χ3n) is 4.66. The third-order valence-corrected chi connectivity index (χ3v) is 4.66. The summed E-state index contributed by atoms with van der Waals surface area (Å²) in [6.07, 6.45) is 0.297. The van der Waals surface area contributed by atoms with Gasteiger partial charge in [0.2, 0.25) is 5.91 Å². The Labute approximate surface area is 140 Å². The molecule has 1 aliphatic rings. The van der Waals surface area contributed by atoms with Crippen LogP contribution in [0, 0.1) is 0 Å². The molecule has 0 saturated carbocycles. The van der Waals surface area contributed by atoms with Crippen molar-refractivity contribution in [1.82, 2.24) is 25.7 Å². The second-order valence-corrected chi connectivity index (χ2v) is 6.19. The number of piperazine rings is 1. The van der Waals surface area contributed by atoms with Crippen LogP contribution in [0.15, 0.2) is 24.3 Å². The molecular weight excluding hydrogens is 306 g/mol. The van der Waals surface area contributed by atoms with Crippen molar-refractivity contribution in [2.24, 2.45) is 0 Å². The lowest BCUT2D eigenvalue weighted by Crippen LogP contribution is -2.57. The summed E-state index contributed by atoms with van der Waals surface area (Å²) in [5, 5.41) is 13.8. The number of amides is 2. The molecule has 1 fully saturated rings. The fourth-order valence-electron chi connectivity index (χ4n) is 3.06. The Balaban J connectivity index is 1.54. The summed E-state index contributed by atoms with van der Waals surface area (Å²) in [6, 6.07) is 7.92. The maximum Gasteiger partial charge on any atom is 0.272 e. The molecule has 0 radical (unpaired) electrons. The van der Waals surface area contributed by atoms with Crippen LogP contribution in [-0.4, -0.2) is 58.6 Å². The predicted octanol–water partition coefficient (Wildman–Crippen LogP) is 0.892. The molecule has 1 aromatic heterocycles. The molecule has 1 aromatic carbocycles. The Bertz CT molecular complexity index is 741. The van der Waals surface area contributed by atoms with E-state index in [0.717, 1.165) is 17.4 Å². The molecule has 0 bridgehead atoms. The molecule has 7 nitrogen and oxygen atoms in total. The molecular formula is C17H23N5O2. The predicted molar refractivity (Wildman–Crippen MR) is 91.7 cm³/mol. The van der Waals surface area contributed by atoms with Crippen LogP contribution in [0.5, 0.6) is 0 Å². The zero-order valence-corrected chi connectivity index (χ0v) is 14.0. The number of aromatic amines is 1. The second kappa shape index (κ2) is 7.00. The smallest absolute Gasteiger partial charge is 0.272 e. The molecule has 2 heterocycles. The maximum atomic E-state index is 12.4. The van der Waals surface area contributed by atoms with Crippen LogP contribution in [0.3, 0.4) is 0 Å². The van der Waals surface area contributed by atoms with E-state index in [-0.39, 0.29) is 23.9 Å². The van der Waals surface area contributed by atoms with Gasteiger partial charge in [0.25, 0.3) is 5.91 Å². The van der Waals surface area contributed by atoms with E-state index >= 15 is 0 Å². The number of para-hydroxylation sites is 1. The van der Waals surface area contributed by atoms with E-state index < -0.39 is 0 Å². The second-order valence-electron chi connectivity index (χ2n) is 6.19. The Morgan fingerprint density at radius 2 is 2.12 bits per heavy atom. The number of nitrogens with zero attached hydrogens (tertiary/aromatic N) is 2. The van der Waals surface area contributed by atoms with E-state index in [1.54, 1.807) is 0 Å². The summed E-state index contributed by atoms with van der Waals surface area (Å²) in [7, 11) is 0. The first-order valence-corrected chi connectivity index (χ1v) is 8.32. The number of H-pyrrole nitrogens is 1. The topological polar surface area (TPSA) is 90.1 Å². The first kappa shape index (κ1) is 16.4. The van der Waals surface area contributed by atoms with E-state index in [4.69, 9.17) is 0 Å². The molecule has 2 atom stereocenters. The van der Waals surface area contributed by atoms with Crippen LogP contribution in [0.25, 0.3) is 10.9 Å². The zero-order valence-electron chi connectivity index (χ0n) is 14.0. The molecule has 24 heavy (non-hydrogen) atoms. The fraction of sp³-hybridized carbons (Fsp3) is 0.471. The normalized spacial score (nSPS) is 21.0. The largest absolute Gasteiger partial charge is 0.350 e. The lowest BCUT2D eigenvalue weighted by molar-refractivity contribution is -0.134. The van der Waals surface area contributed by atoms with Gasteiger partial charge in [0.15, 0.2) is 5.69 Å². The highest BCUT2D eigenvalue weighted by molar-refractivity contribution is 6.04. The van der Waals surface area contributed by atoms with Crippen molar-refractivity contribution < 1.29 is 9.59 Å². The minimum absolute atomic E-state index is 0.0723. The van der Waals surface area contributed by atoms with Gasteiger partial charge in [-0.25, -0.2) is 0 Å². The molecule has 128 valence electrons. The number of carbonyl (C=O) groups excluding carboxylic acids is 2. The van der Waals surface area contributed by atoms with Gasteiger partial charge in [0, 0.05) is 43.5 Å². The molecule has 2 aromatic rings. The van der Waals surface area contributed by atoms with Crippen molar-refractivity contribution in [2.75, 3.05) is 19.6 Å². The summed E-state index contributed by atoms with van der Waals surface area (Å²) in [5.74, 6) is -0.190. The quantitative estimate of drug-likeness (QED) is 0.777. The summed E-state index contributed by atoms with van der Waals surface area (Å²) in [4.78, 5) is 26.5. The van der Waals surface area contributed by atoms with Gasteiger partial charge in [-0.15, -0.1) is 0 Å². The number of hydrogen-bond donors (Lipinski definition) is 3. The number of rotatable bonds is 4. The number of fused-ring (bicyclic) bond motifs is 1. The van der Waals surface area contributed by atoms with E-state index in [2.05, 4.69) is 27.8 Å². The maximum absolute atomic E-state index is 12.4. The highest BCUT2D eigenvalue weighted by Crippen LogP contribution is 2.15. The van der Waals surface area contributed by atoms with E-state index in [0.29, 0.717) is 25.2 Å². The lowest BCUT2D eigenvalue weighted by Gasteiger charge is -2.38. The summed E-state index contributed by atoms with van der Waals surface area (Å²) >= 11 is 0. The van der Waals surface area contributed by atoms with E-state index in [9.17, 15) is 9.59 Å². The van der Waals surface area contributed by atoms with Crippen LogP contribution in [0.4, 0.5) is 0 Å². The number of aromatic nitrogens is 2. The van der Waals surface area contributed by atoms with Crippen molar-refractivity contribution in [3.05, 3.63) is 30.0 Å². The average molecular weight is 329 g/mol. The Morgan fingerprint density at radius 1 is 1.33 bits per heavy atom. The van der Waals surface area contributed by atoms with Crippen LogP contribution in [0.2, 0.25) is 0 Å². The Morgan fingerprint density at radius 3 is 2.96 bits per heavy atom. The molecule has 3 N–H and O–H groups in total. The minimum Gasteiger partial charge on any atom is -0.350 e. The first-order chi connectivity index (χ1) is 11.6. The van der Waals surface area contributed by atoms with Crippen LogP contribution in [-0.2, 0) is 4.79 Å². The Hall–Kier alpha value is -2.41. The van der Waals surface area contributed by atoms with Crippen molar-refractivity contribution >= 4 is 22.7 Å². The van der Waals surface area contributed by atoms with Gasteiger partial charge in [0.05, 0.1) is 5.52 Å². The van der Waals surface area contributed by atoms with Crippen LogP contribution >= 0.6 is 0 Å². The Kier molecular flexibility index (Phi) is 4.80. The van der Waals surface area contributed by atoms with Crippen molar-refractivity contribution in [3.8, 4) is 0 Å². The third kappa shape index (κ3) is 3.26. The van der Waals surface area contributed by atoms with Crippen molar-refractivity contribution in [3.63, 3.8) is 0 Å². The monoisotopic (exact) mass is 329 g/mol. The van der Waals surface area contributed by atoms with Gasteiger partial charge in [-0.3, -0.25) is 14.7 Å². The van der Waals surface area contributed by atoms with Crippen LogP contribution in [0.1, 0.15) is 30.8 Å². The molecule has 2 unspecified atom stereocenters. The lowest BCUT2D eigenvalue weighted by atomic mass is 10.1. The number of carbonyl (C=O) groups is 2. The number of benzene rings is 1. The summed E-state index contributed by atoms with van der Waals surface area (Å²) in [5.41, 5.74) is 1.18. The molecule has 2 amide bonds. The first-order valence-electron chi connectivity index (χ1n) is 8.32. The zero-order chi connectivity index (χ0) is 17.1. The fourth-order valence-corrected chi connectivity index (χ4v) is 3.06. The van der Waals surface area contributed by atoms with Gasteiger partial charge < -0.3 is 15.5 Å². The summed E-state index contributed by atoms with van der Waals surface area (Å²) < 4.78 is 0. The average Bonchev–Trinajstić information content (AvgIpc) is 3.01. The van der Waals surface area contributed by atoms with Crippen LogP contribution < -0.4 is 10.6 Å². The number of hydrogen-bond acceptors (Lipinski definition) is 4. The van der Waals surface area contributed by atoms with E-state index in [1.165, 1.54) is 0 Å². The molecule has 1 aliphatic heterocycles. The summed E-state index contributed by atoms with van der Waals surface area (Å²) in [6.45, 7) is 5.95. The molecule has 1 saturated heterocycles. The highest BCUT2D eigenvalue weighted by Gasteiger charge is 2.27. The van der Waals surface area contributed by atoms with Gasteiger partial charge in [0.1, 0.15) is 0 Å². The van der Waals surface area contributed by atoms with Gasteiger partial charge in [-0.1, -0.05) is 18.2 Å². The molecule has 7 heteroatoms. The van der Waals surface area contributed by atoms with Gasteiger partial charge in [-0.2, -0.15) is 5.10 Å². The number of nitrogens with one attached hydrogen (secondary N) is 3. The van der Waals surface area contributed by atoms with Crippen molar-refractivity contribution in [1.29, 1.82) is 0 Å². The minimum atomic E-state index is -0.262. The molecule has 0 aliphatic carbocycles. The molecule has 0 spiro atoms. The van der Waals surface area contributed by atoms with E-state index in [1.807, 2.05) is 36.1 Å². The standard InChI is InChI=1S/C17H23N5O2/c1-11-12(2)22(10-9-18-11)15(23)7-8-19-17(24)16-13-5-3-4-6-14(13)20-21-16/h3-6,11-12,18H,7-10H2,1-2H3,(H,19,24)(H,20,21). The molecule has 3 rings (SSSR count).